The van der Waals surface area contributed by atoms with Crippen molar-refractivity contribution in [3.8, 4) is 0 Å². The van der Waals surface area contributed by atoms with Gasteiger partial charge in [0.05, 0.1) is 12.1 Å². The Bertz CT molecular complexity index is 781. The van der Waals surface area contributed by atoms with E-state index in [2.05, 4.69) is 12.2 Å². The fraction of sp³-hybridized carbons (Fsp3) is 0.300. The molecule has 0 bridgehead atoms. The molecule has 2 aromatic rings. The number of hydrogen-bond donors (Lipinski definition) is 1. The zero-order valence-corrected chi connectivity index (χ0v) is 14.3. The molecule has 2 amide bonds. The monoisotopic (exact) mass is 322 g/mol. The van der Waals surface area contributed by atoms with Crippen molar-refractivity contribution in [3.63, 3.8) is 0 Å². The summed E-state index contributed by atoms with van der Waals surface area (Å²) >= 11 is 0. The van der Waals surface area contributed by atoms with Crippen LogP contribution in [-0.2, 0) is 16.0 Å². The van der Waals surface area contributed by atoms with Crippen molar-refractivity contribution in [1.82, 2.24) is 0 Å². The van der Waals surface area contributed by atoms with Gasteiger partial charge in [0.15, 0.2) is 0 Å². The summed E-state index contributed by atoms with van der Waals surface area (Å²) in [6, 6.07) is 13.2. The smallest absolute Gasteiger partial charge is 0.256 e. The second kappa shape index (κ2) is 6.48. The van der Waals surface area contributed by atoms with Gasteiger partial charge in [0.25, 0.3) is 5.91 Å². The fourth-order valence-electron chi connectivity index (χ4n) is 3.09. The van der Waals surface area contributed by atoms with Crippen LogP contribution in [0.1, 0.15) is 30.0 Å². The van der Waals surface area contributed by atoms with Gasteiger partial charge in [-0.1, -0.05) is 36.8 Å². The van der Waals surface area contributed by atoms with E-state index in [-0.39, 0.29) is 18.2 Å². The highest BCUT2D eigenvalue weighted by molar-refractivity contribution is 6.23. The highest BCUT2D eigenvalue weighted by Gasteiger charge is 2.40. The molecule has 24 heavy (non-hydrogen) atoms. The van der Waals surface area contributed by atoms with E-state index < -0.39 is 6.04 Å². The molecule has 1 fully saturated rings. The summed E-state index contributed by atoms with van der Waals surface area (Å²) in [6.45, 7) is 6.02. The average Bonchev–Trinajstić information content (AvgIpc) is 2.83. The third-order valence-corrected chi connectivity index (χ3v) is 4.44. The summed E-state index contributed by atoms with van der Waals surface area (Å²) in [7, 11) is 0. The van der Waals surface area contributed by atoms with Crippen molar-refractivity contribution in [2.45, 2.75) is 39.7 Å². The molecule has 1 N–H and O–H groups in total. The van der Waals surface area contributed by atoms with Gasteiger partial charge in [0.1, 0.15) is 6.04 Å². The Labute approximate surface area is 142 Å². The second-order valence-corrected chi connectivity index (χ2v) is 6.31. The Morgan fingerprint density at radius 2 is 1.79 bits per heavy atom. The molecule has 1 aliphatic rings. The van der Waals surface area contributed by atoms with E-state index in [1.165, 1.54) is 10.5 Å². The molecule has 4 heteroatoms. The van der Waals surface area contributed by atoms with Crippen LogP contribution in [0, 0.1) is 13.8 Å². The van der Waals surface area contributed by atoms with E-state index >= 15 is 0 Å². The number of benzene rings is 2. The topological polar surface area (TPSA) is 49.4 Å². The van der Waals surface area contributed by atoms with Crippen molar-refractivity contribution >= 4 is 23.2 Å². The van der Waals surface area contributed by atoms with Crippen molar-refractivity contribution in [2.24, 2.45) is 0 Å². The van der Waals surface area contributed by atoms with Crippen LogP contribution in [0.25, 0.3) is 0 Å². The Hall–Kier alpha value is -2.62. The van der Waals surface area contributed by atoms with E-state index in [4.69, 9.17) is 0 Å². The number of hydrogen-bond acceptors (Lipinski definition) is 3. The van der Waals surface area contributed by atoms with Crippen LogP contribution in [0.2, 0.25) is 0 Å². The molecule has 0 aliphatic carbocycles. The van der Waals surface area contributed by atoms with Gasteiger partial charge in [-0.15, -0.1) is 0 Å². The summed E-state index contributed by atoms with van der Waals surface area (Å²) in [5.41, 5.74) is 4.83. The maximum absolute atomic E-state index is 12.7. The minimum atomic E-state index is -0.509. The van der Waals surface area contributed by atoms with E-state index in [9.17, 15) is 9.59 Å². The number of anilines is 2. The first-order valence-electron chi connectivity index (χ1n) is 8.29. The maximum Gasteiger partial charge on any atom is 0.256 e. The summed E-state index contributed by atoms with van der Waals surface area (Å²) in [5.74, 6) is -0.346. The predicted octanol–water partition coefficient (Wildman–Crippen LogP) is 3.61. The molecule has 4 nitrogen and oxygen atoms in total. The number of nitrogens with one attached hydrogen (secondary N) is 1. The van der Waals surface area contributed by atoms with Crippen molar-refractivity contribution in [1.29, 1.82) is 0 Å². The van der Waals surface area contributed by atoms with Crippen molar-refractivity contribution in [3.05, 3.63) is 59.2 Å². The highest BCUT2D eigenvalue weighted by atomic mass is 16.2. The largest absolute Gasteiger partial charge is 0.373 e. The third-order valence-electron chi connectivity index (χ3n) is 4.44. The average molecular weight is 322 g/mol. The van der Waals surface area contributed by atoms with Crippen LogP contribution in [0.5, 0.6) is 0 Å². The fourth-order valence-corrected chi connectivity index (χ4v) is 3.09. The Morgan fingerprint density at radius 3 is 2.42 bits per heavy atom. The zero-order chi connectivity index (χ0) is 17.3. The number of amides is 2. The van der Waals surface area contributed by atoms with Crippen LogP contribution in [0.3, 0.4) is 0 Å². The van der Waals surface area contributed by atoms with Gasteiger partial charge in [-0.05, 0) is 49.6 Å². The van der Waals surface area contributed by atoms with Gasteiger partial charge in [0.2, 0.25) is 5.91 Å². The van der Waals surface area contributed by atoms with Crippen LogP contribution in [0.15, 0.2) is 42.5 Å². The highest BCUT2D eigenvalue weighted by Crippen LogP contribution is 2.28. The van der Waals surface area contributed by atoms with E-state index in [0.717, 1.165) is 23.2 Å². The number of carbonyl (C=O) groups is 2. The number of imide groups is 1. The van der Waals surface area contributed by atoms with Crippen molar-refractivity contribution in [2.75, 3.05) is 10.2 Å². The zero-order valence-electron chi connectivity index (χ0n) is 14.3. The molecule has 2 aromatic carbocycles. The summed E-state index contributed by atoms with van der Waals surface area (Å²) < 4.78 is 0. The third kappa shape index (κ3) is 3.04. The lowest BCUT2D eigenvalue weighted by Gasteiger charge is -2.18. The lowest BCUT2D eigenvalue weighted by molar-refractivity contribution is -0.121. The SMILES string of the molecule is CCc1ccc(NC2CC(=O)N(c3ccc(C)cc3C)C2=O)cc1. The minimum Gasteiger partial charge on any atom is -0.373 e. The minimum absolute atomic E-state index is 0.158. The van der Waals surface area contributed by atoms with Gasteiger partial charge < -0.3 is 5.32 Å². The Morgan fingerprint density at radius 1 is 1.08 bits per heavy atom. The summed E-state index contributed by atoms with van der Waals surface area (Å²) in [5, 5.41) is 3.19. The predicted molar refractivity (Wildman–Crippen MR) is 96.3 cm³/mol. The number of rotatable bonds is 4. The van der Waals surface area contributed by atoms with Crippen LogP contribution in [-0.4, -0.2) is 17.9 Å². The number of carbonyl (C=O) groups excluding carboxylic acids is 2. The number of nitrogens with zero attached hydrogens (tertiary/aromatic N) is 1. The first kappa shape index (κ1) is 16.2. The molecule has 0 spiro atoms. The molecular formula is C20H22N2O2. The molecule has 1 unspecified atom stereocenters. The van der Waals surface area contributed by atoms with Gasteiger partial charge in [-0.2, -0.15) is 0 Å². The van der Waals surface area contributed by atoms with Crippen molar-refractivity contribution < 1.29 is 9.59 Å². The number of aryl methyl sites for hydroxylation is 3. The second-order valence-electron chi connectivity index (χ2n) is 6.31. The maximum atomic E-state index is 12.7. The normalized spacial score (nSPS) is 17.5. The molecule has 1 saturated heterocycles. The van der Waals surface area contributed by atoms with Crippen LogP contribution in [0.4, 0.5) is 11.4 Å². The molecule has 1 aliphatic heterocycles. The molecule has 0 aromatic heterocycles. The first-order valence-corrected chi connectivity index (χ1v) is 8.29. The van der Waals surface area contributed by atoms with Gasteiger partial charge in [-0.25, -0.2) is 4.90 Å². The van der Waals surface area contributed by atoms with E-state index in [1.54, 1.807) is 0 Å². The van der Waals surface area contributed by atoms with E-state index in [1.807, 2.05) is 56.3 Å². The lowest BCUT2D eigenvalue weighted by Crippen LogP contribution is -2.35. The molecule has 124 valence electrons. The van der Waals surface area contributed by atoms with E-state index in [0.29, 0.717) is 5.69 Å². The Kier molecular flexibility index (Phi) is 4.38. The summed E-state index contributed by atoms with van der Waals surface area (Å²) in [4.78, 5) is 26.4. The van der Waals surface area contributed by atoms with Gasteiger partial charge in [-0.3, -0.25) is 9.59 Å². The first-order chi connectivity index (χ1) is 11.5. The standard InChI is InChI=1S/C20H22N2O2/c1-4-15-6-8-16(9-7-15)21-17-12-19(23)22(20(17)24)18-10-5-13(2)11-14(18)3/h5-11,17,21H,4,12H2,1-3H3. The molecule has 1 heterocycles. The lowest BCUT2D eigenvalue weighted by atomic mass is 10.1. The Balaban J connectivity index is 1.80. The molecule has 1 atom stereocenters. The molecular weight excluding hydrogens is 300 g/mol. The molecule has 3 rings (SSSR count). The molecule has 0 saturated carbocycles. The van der Waals surface area contributed by atoms with Gasteiger partial charge >= 0.3 is 0 Å². The van der Waals surface area contributed by atoms with Crippen LogP contribution < -0.4 is 10.2 Å². The van der Waals surface area contributed by atoms with Gasteiger partial charge in [0, 0.05) is 5.69 Å². The molecule has 0 radical (unpaired) electrons. The summed E-state index contributed by atoms with van der Waals surface area (Å²) in [6.07, 6.45) is 1.16. The quantitative estimate of drug-likeness (QED) is 0.875. The van der Waals surface area contributed by atoms with Crippen LogP contribution >= 0.6 is 0 Å².